The van der Waals surface area contributed by atoms with E-state index in [1.54, 1.807) is 7.05 Å². The number of β-amino-alcohol motifs (C(OH)–C–C–N with tert-alkyl or cyclic N) is 1. The Morgan fingerprint density at radius 1 is 1.15 bits per heavy atom. The van der Waals surface area contributed by atoms with Gasteiger partial charge in [-0.25, -0.2) is 13.4 Å². The topological polar surface area (TPSA) is 113 Å². The molecule has 2 aromatic rings. The van der Waals surface area contributed by atoms with Crippen molar-refractivity contribution in [2.24, 2.45) is 17.3 Å². The lowest BCUT2D eigenvalue weighted by atomic mass is 9.96. The van der Waals surface area contributed by atoms with Crippen LogP contribution in [0.5, 0.6) is 0 Å². The fraction of sp³-hybridized carbons (Fsp3) is 0.429. The molecule has 9 nitrogen and oxygen atoms in total. The van der Waals surface area contributed by atoms with Crippen LogP contribution in [0.25, 0.3) is 0 Å². The zero-order chi connectivity index (χ0) is 19.7. The average molecular weight is 402 g/mol. The minimum absolute atomic E-state index is 0.191. The predicted molar refractivity (Wildman–Crippen MR) is 82.7 cm³/mol. The minimum atomic E-state index is -4.68. The van der Waals surface area contributed by atoms with E-state index in [1.165, 1.54) is 11.0 Å². The van der Waals surface area contributed by atoms with Crippen molar-refractivity contribution in [1.29, 1.82) is 0 Å². The van der Waals surface area contributed by atoms with Crippen LogP contribution in [0.3, 0.4) is 0 Å². The summed E-state index contributed by atoms with van der Waals surface area (Å²) in [5, 5.41) is 20.5. The van der Waals surface area contributed by atoms with Crippen molar-refractivity contribution in [3.63, 3.8) is 0 Å². The normalized spacial score (nSPS) is 21.1. The standard InChI is InChI=1S/C14H13F3N6O3S/c1-22-11(18-8-19-22)12(24)6-23(7-12)27(25,26)10-4-2-9(3-5-10)13(20-21-13)14(15,16)17/h2-5,8,24H,6-7H2,1H3. The molecule has 4 rings (SSSR count). The molecule has 144 valence electrons. The Morgan fingerprint density at radius 3 is 2.19 bits per heavy atom. The summed E-state index contributed by atoms with van der Waals surface area (Å²) in [6, 6.07) is 4.21. The molecule has 3 heterocycles. The largest absolute Gasteiger partial charge is 0.442 e. The van der Waals surface area contributed by atoms with E-state index in [2.05, 4.69) is 20.3 Å². The third kappa shape index (κ3) is 2.56. The SMILES string of the molecule is Cn1ncnc1C1(O)CN(S(=O)(=O)c2ccc(C3(C(F)(F)F)N=N3)cc2)C1. The smallest absolute Gasteiger partial charge is 0.379 e. The van der Waals surface area contributed by atoms with Crippen LogP contribution in [-0.2, 0) is 28.3 Å². The van der Waals surface area contributed by atoms with Crippen molar-refractivity contribution in [3.8, 4) is 0 Å². The fourth-order valence-corrected chi connectivity index (χ4v) is 4.56. The molecule has 0 atom stereocenters. The first-order valence-corrected chi connectivity index (χ1v) is 9.12. The summed E-state index contributed by atoms with van der Waals surface area (Å²) in [6.07, 6.45) is -3.44. The molecular weight excluding hydrogens is 389 g/mol. The number of hydrogen-bond acceptors (Lipinski definition) is 7. The van der Waals surface area contributed by atoms with Crippen LogP contribution in [0.15, 0.2) is 45.7 Å². The summed E-state index contributed by atoms with van der Waals surface area (Å²) in [6.45, 7) is -0.471. The molecule has 2 aliphatic heterocycles. The second-order valence-corrected chi connectivity index (χ2v) is 8.34. The minimum Gasteiger partial charge on any atom is -0.379 e. The number of benzene rings is 1. The molecule has 1 saturated heterocycles. The number of halogens is 3. The summed E-state index contributed by atoms with van der Waals surface area (Å²) in [7, 11) is -2.41. The molecule has 0 aliphatic carbocycles. The van der Waals surface area contributed by atoms with Crippen LogP contribution in [0.1, 0.15) is 11.4 Å². The van der Waals surface area contributed by atoms with E-state index in [0.717, 1.165) is 28.6 Å². The van der Waals surface area contributed by atoms with E-state index in [-0.39, 0.29) is 29.4 Å². The molecule has 27 heavy (non-hydrogen) atoms. The summed E-state index contributed by atoms with van der Waals surface area (Å²) in [5.41, 5.74) is -4.32. The maximum Gasteiger partial charge on any atom is 0.442 e. The Bertz CT molecular complexity index is 1020. The number of alkyl halides is 3. The average Bonchev–Trinajstić information content (AvgIpc) is 3.28. The molecule has 1 N–H and O–H groups in total. The van der Waals surface area contributed by atoms with Gasteiger partial charge in [0.25, 0.3) is 0 Å². The van der Waals surface area contributed by atoms with Crippen molar-refractivity contribution in [2.45, 2.75) is 22.3 Å². The first kappa shape index (κ1) is 18.0. The predicted octanol–water partition coefficient (Wildman–Crippen LogP) is 0.888. The zero-order valence-corrected chi connectivity index (χ0v) is 14.6. The van der Waals surface area contributed by atoms with Gasteiger partial charge in [0.2, 0.25) is 10.0 Å². The maximum absolute atomic E-state index is 13.0. The van der Waals surface area contributed by atoms with Gasteiger partial charge in [-0.3, -0.25) is 4.68 Å². The number of hydrogen-bond donors (Lipinski definition) is 1. The second kappa shape index (κ2) is 5.33. The van der Waals surface area contributed by atoms with E-state index >= 15 is 0 Å². The molecule has 0 spiro atoms. The van der Waals surface area contributed by atoms with Crippen LogP contribution < -0.4 is 0 Å². The van der Waals surface area contributed by atoms with Crippen molar-refractivity contribution >= 4 is 10.0 Å². The Morgan fingerprint density at radius 2 is 1.74 bits per heavy atom. The van der Waals surface area contributed by atoms with Crippen molar-refractivity contribution in [2.75, 3.05) is 13.1 Å². The fourth-order valence-electron chi connectivity index (χ4n) is 3.02. The van der Waals surface area contributed by atoms with Crippen molar-refractivity contribution in [1.82, 2.24) is 19.1 Å². The Balaban J connectivity index is 1.53. The number of aryl methyl sites for hydroxylation is 1. The highest BCUT2D eigenvalue weighted by molar-refractivity contribution is 7.89. The third-order valence-corrected chi connectivity index (χ3v) is 6.40. The van der Waals surface area contributed by atoms with Crippen LogP contribution in [0, 0.1) is 0 Å². The van der Waals surface area contributed by atoms with Gasteiger partial charge in [-0.1, -0.05) is 12.1 Å². The van der Waals surface area contributed by atoms with Gasteiger partial charge >= 0.3 is 11.8 Å². The van der Waals surface area contributed by atoms with E-state index in [9.17, 15) is 26.7 Å². The Labute approximate surface area is 151 Å². The summed E-state index contributed by atoms with van der Waals surface area (Å²) in [5.74, 6) is 0.230. The molecular formula is C14H13F3N6O3S. The summed E-state index contributed by atoms with van der Waals surface area (Å²) < 4.78 is 66.6. The first-order chi connectivity index (χ1) is 12.5. The molecule has 2 aliphatic rings. The quantitative estimate of drug-likeness (QED) is 0.816. The lowest BCUT2D eigenvalue weighted by Crippen LogP contribution is -2.61. The number of rotatable bonds is 4. The number of nitrogens with zero attached hydrogens (tertiary/aromatic N) is 6. The number of sulfonamides is 1. The second-order valence-electron chi connectivity index (χ2n) is 6.41. The summed E-state index contributed by atoms with van der Waals surface area (Å²) in [4.78, 5) is 3.73. The molecule has 0 radical (unpaired) electrons. The van der Waals surface area contributed by atoms with Gasteiger partial charge in [0.1, 0.15) is 6.33 Å². The van der Waals surface area contributed by atoms with Crippen molar-refractivity contribution in [3.05, 3.63) is 42.0 Å². The van der Waals surface area contributed by atoms with E-state index in [4.69, 9.17) is 0 Å². The molecule has 0 bridgehead atoms. The molecule has 1 aromatic heterocycles. The molecule has 0 amide bonds. The maximum atomic E-state index is 13.0. The highest BCUT2D eigenvalue weighted by Gasteiger charge is 2.65. The van der Waals surface area contributed by atoms with Gasteiger partial charge in [-0.2, -0.15) is 22.6 Å². The molecule has 0 unspecified atom stereocenters. The van der Waals surface area contributed by atoms with E-state index in [1.807, 2.05) is 0 Å². The summed E-state index contributed by atoms with van der Waals surface area (Å²) >= 11 is 0. The molecule has 0 saturated carbocycles. The molecule has 13 heteroatoms. The van der Waals surface area contributed by atoms with Crippen LogP contribution >= 0.6 is 0 Å². The third-order valence-electron chi connectivity index (χ3n) is 4.59. The number of aromatic nitrogens is 3. The Hall–Kier alpha value is -2.38. The highest BCUT2D eigenvalue weighted by atomic mass is 32.2. The lowest BCUT2D eigenvalue weighted by Gasteiger charge is -2.44. The van der Waals surface area contributed by atoms with Gasteiger partial charge in [-0.05, 0) is 12.1 Å². The first-order valence-electron chi connectivity index (χ1n) is 7.68. The zero-order valence-electron chi connectivity index (χ0n) is 13.8. The van der Waals surface area contributed by atoms with Gasteiger partial charge < -0.3 is 5.11 Å². The monoisotopic (exact) mass is 402 g/mol. The van der Waals surface area contributed by atoms with Gasteiger partial charge in [0.05, 0.1) is 18.0 Å². The van der Waals surface area contributed by atoms with Gasteiger partial charge in [0, 0.05) is 12.6 Å². The van der Waals surface area contributed by atoms with Crippen molar-refractivity contribution < 1.29 is 26.7 Å². The van der Waals surface area contributed by atoms with Gasteiger partial charge in [0.15, 0.2) is 11.4 Å². The number of aliphatic hydroxyl groups is 1. The molecule has 1 fully saturated rings. The molecule has 1 aromatic carbocycles. The van der Waals surface area contributed by atoms with Crippen LogP contribution in [0.2, 0.25) is 0 Å². The Kier molecular flexibility index (Phi) is 3.55. The van der Waals surface area contributed by atoms with E-state index < -0.39 is 27.5 Å². The van der Waals surface area contributed by atoms with E-state index in [0.29, 0.717) is 0 Å². The van der Waals surface area contributed by atoms with Crippen LogP contribution in [0.4, 0.5) is 13.2 Å². The lowest BCUT2D eigenvalue weighted by molar-refractivity contribution is -0.166. The van der Waals surface area contributed by atoms with Gasteiger partial charge in [-0.15, -0.1) is 10.2 Å². The highest BCUT2D eigenvalue weighted by Crippen LogP contribution is 2.52. The van der Waals surface area contributed by atoms with Crippen LogP contribution in [-0.4, -0.2) is 51.9 Å².